The van der Waals surface area contributed by atoms with Gasteiger partial charge in [-0.15, -0.1) is 0 Å². The van der Waals surface area contributed by atoms with E-state index in [1.807, 2.05) is 12.3 Å². The molecule has 6 nitrogen and oxygen atoms in total. The Morgan fingerprint density at radius 3 is 2.69 bits per heavy atom. The van der Waals surface area contributed by atoms with E-state index in [4.69, 9.17) is 9.72 Å². The van der Waals surface area contributed by atoms with E-state index >= 15 is 0 Å². The van der Waals surface area contributed by atoms with Gasteiger partial charge in [-0.05, 0) is 62.0 Å². The first-order chi connectivity index (χ1) is 14.0. The van der Waals surface area contributed by atoms with Crippen LogP contribution in [0.4, 0.5) is 0 Å². The second kappa shape index (κ2) is 8.11. The van der Waals surface area contributed by atoms with Crippen molar-refractivity contribution in [3.63, 3.8) is 0 Å². The number of rotatable bonds is 5. The van der Waals surface area contributed by atoms with E-state index in [0.29, 0.717) is 25.4 Å². The summed E-state index contributed by atoms with van der Waals surface area (Å²) < 4.78 is 5.46. The summed E-state index contributed by atoms with van der Waals surface area (Å²) in [5, 5.41) is 2.33. The Labute approximate surface area is 171 Å². The molecule has 2 aliphatic rings. The van der Waals surface area contributed by atoms with Gasteiger partial charge in [0.05, 0.1) is 13.7 Å². The van der Waals surface area contributed by atoms with Crippen molar-refractivity contribution in [2.24, 2.45) is 5.92 Å². The number of aryl methyl sites for hydroxylation is 1. The van der Waals surface area contributed by atoms with Gasteiger partial charge in [0.25, 0.3) is 0 Å². The van der Waals surface area contributed by atoms with Gasteiger partial charge in [-0.2, -0.15) is 0 Å². The maximum atomic E-state index is 12.6. The molecular formula is C23H29N3O3. The van der Waals surface area contributed by atoms with Gasteiger partial charge in [0.2, 0.25) is 5.91 Å². The Balaban J connectivity index is 1.39. The number of fused-ring (bicyclic) bond motifs is 1. The zero-order chi connectivity index (χ0) is 20.5. The summed E-state index contributed by atoms with van der Waals surface area (Å²) in [7, 11) is 3.47. The van der Waals surface area contributed by atoms with Crippen LogP contribution in [0.3, 0.4) is 0 Å². The van der Waals surface area contributed by atoms with E-state index in [0.717, 1.165) is 48.3 Å². The summed E-state index contributed by atoms with van der Waals surface area (Å²) in [6.45, 7) is 4.90. The Bertz CT molecular complexity index is 934. The molecule has 0 radical (unpaired) electrons. The number of nitrogens with zero attached hydrogens (tertiary/aromatic N) is 3. The number of benzene rings is 1. The summed E-state index contributed by atoms with van der Waals surface area (Å²) in [4.78, 5) is 32.9. The maximum Gasteiger partial charge on any atom is 0.223 e. The molecular weight excluding hydrogens is 366 g/mol. The van der Waals surface area contributed by atoms with E-state index in [-0.39, 0.29) is 17.6 Å². The molecule has 3 heterocycles. The monoisotopic (exact) mass is 395 g/mol. The first kappa shape index (κ1) is 19.8. The molecule has 6 heteroatoms. The average molecular weight is 396 g/mol. The SMILES string of the molecule is COc1ccc2cnc(C3CCN(CC(=O)[C@H]4CC(=O)N(C)C4)CC3)cc2c1C. The third-order valence-electron chi connectivity index (χ3n) is 6.55. The van der Waals surface area contributed by atoms with Gasteiger partial charge in [-0.1, -0.05) is 0 Å². The van der Waals surface area contributed by atoms with Gasteiger partial charge in [0.1, 0.15) is 5.75 Å². The van der Waals surface area contributed by atoms with E-state index in [1.54, 1.807) is 19.1 Å². The van der Waals surface area contributed by atoms with Crippen LogP contribution in [0.2, 0.25) is 0 Å². The predicted octanol–water partition coefficient (Wildman–Crippen LogP) is 2.78. The summed E-state index contributed by atoms with van der Waals surface area (Å²) >= 11 is 0. The number of Topliss-reactive ketones (excluding diaryl/α,β-unsaturated/α-hetero) is 1. The highest BCUT2D eigenvalue weighted by Crippen LogP contribution is 2.32. The highest BCUT2D eigenvalue weighted by atomic mass is 16.5. The minimum absolute atomic E-state index is 0.0800. The molecule has 1 atom stereocenters. The normalized spacial score (nSPS) is 21.1. The molecule has 1 amide bonds. The fourth-order valence-electron chi connectivity index (χ4n) is 4.62. The molecule has 0 spiro atoms. The standard InChI is InChI=1S/C23H29N3O3/c1-15-19-11-20(24-12-17(19)4-5-22(15)29-3)16-6-8-26(9-7-16)14-21(27)18-10-23(28)25(2)13-18/h4-5,11-12,16,18H,6-10,13-14H2,1-3H3/t18-/m0/s1. The summed E-state index contributed by atoms with van der Waals surface area (Å²) in [5.41, 5.74) is 2.27. The molecule has 4 rings (SSSR count). The number of amides is 1. The summed E-state index contributed by atoms with van der Waals surface area (Å²) in [5.74, 6) is 1.46. The first-order valence-corrected chi connectivity index (χ1v) is 10.4. The lowest BCUT2D eigenvalue weighted by Crippen LogP contribution is -2.39. The number of ketones is 1. The Kier molecular flexibility index (Phi) is 5.54. The van der Waals surface area contributed by atoms with E-state index in [2.05, 4.69) is 24.0 Å². The molecule has 29 heavy (non-hydrogen) atoms. The Hall–Kier alpha value is -2.47. The van der Waals surface area contributed by atoms with Gasteiger partial charge in [-0.3, -0.25) is 19.5 Å². The number of carbonyl (C=O) groups is 2. The number of piperidine rings is 1. The van der Waals surface area contributed by atoms with Crippen LogP contribution >= 0.6 is 0 Å². The van der Waals surface area contributed by atoms with Crippen molar-refractivity contribution >= 4 is 22.5 Å². The first-order valence-electron chi connectivity index (χ1n) is 10.4. The van der Waals surface area contributed by atoms with Crippen molar-refractivity contribution in [3.8, 4) is 5.75 Å². The average Bonchev–Trinajstić information content (AvgIpc) is 3.07. The minimum Gasteiger partial charge on any atom is -0.496 e. The summed E-state index contributed by atoms with van der Waals surface area (Å²) in [6, 6.07) is 6.25. The fourth-order valence-corrected chi connectivity index (χ4v) is 4.62. The number of methoxy groups -OCH3 is 1. The van der Waals surface area contributed by atoms with Gasteiger partial charge in [-0.25, -0.2) is 0 Å². The second-order valence-corrected chi connectivity index (χ2v) is 8.42. The molecule has 2 fully saturated rings. The second-order valence-electron chi connectivity index (χ2n) is 8.42. The Morgan fingerprint density at radius 1 is 1.28 bits per heavy atom. The van der Waals surface area contributed by atoms with E-state index < -0.39 is 0 Å². The third kappa shape index (κ3) is 3.99. The fraction of sp³-hybridized carbons (Fsp3) is 0.522. The molecule has 0 N–H and O–H groups in total. The van der Waals surface area contributed by atoms with Gasteiger partial charge in [0.15, 0.2) is 5.78 Å². The van der Waals surface area contributed by atoms with Gasteiger partial charge in [0, 0.05) is 49.1 Å². The van der Waals surface area contributed by atoms with Crippen molar-refractivity contribution in [3.05, 3.63) is 35.7 Å². The number of pyridine rings is 1. The molecule has 2 aromatic rings. The van der Waals surface area contributed by atoms with Gasteiger partial charge < -0.3 is 9.64 Å². The molecule has 0 bridgehead atoms. The van der Waals surface area contributed by atoms with Crippen LogP contribution in [0.25, 0.3) is 10.8 Å². The van der Waals surface area contributed by atoms with Crippen molar-refractivity contribution < 1.29 is 14.3 Å². The smallest absolute Gasteiger partial charge is 0.223 e. The highest BCUT2D eigenvalue weighted by molar-refractivity contribution is 5.91. The van der Waals surface area contributed by atoms with Crippen molar-refractivity contribution in [1.29, 1.82) is 0 Å². The lowest BCUT2D eigenvalue weighted by molar-refractivity contribution is -0.128. The number of hydrogen-bond donors (Lipinski definition) is 0. The zero-order valence-corrected chi connectivity index (χ0v) is 17.5. The third-order valence-corrected chi connectivity index (χ3v) is 6.55. The number of carbonyl (C=O) groups excluding carboxylic acids is 2. The van der Waals surface area contributed by atoms with Crippen LogP contribution < -0.4 is 4.74 Å². The molecule has 0 saturated carbocycles. The predicted molar refractivity (Wildman–Crippen MR) is 112 cm³/mol. The molecule has 0 unspecified atom stereocenters. The van der Waals surface area contributed by atoms with E-state index in [9.17, 15) is 9.59 Å². The van der Waals surface area contributed by atoms with Crippen molar-refractivity contribution in [2.75, 3.05) is 40.3 Å². The van der Waals surface area contributed by atoms with Crippen LogP contribution in [0.15, 0.2) is 24.4 Å². The highest BCUT2D eigenvalue weighted by Gasteiger charge is 2.33. The quantitative estimate of drug-likeness (QED) is 0.779. The largest absolute Gasteiger partial charge is 0.496 e. The van der Waals surface area contributed by atoms with E-state index in [1.165, 1.54) is 5.39 Å². The number of ether oxygens (including phenoxy) is 1. The zero-order valence-electron chi connectivity index (χ0n) is 17.5. The van der Waals surface area contributed by atoms with Crippen molar-refractivity contribution in [1.82, 2.24) is 14.8 Å². The number of hydrogen-bond acceptors (Lipinski definition) is 5. The van der Waals surface area contributed by atoms with Crippen LogP contribution in [-0.4, -0.2) is 66.8 Å². The molecule has 1 aromatic carbocycles. The van der Waals surface area contributed by atoms with Crippen molar-refractivity contribution in [2.45, 2.75) is 32.1 Å². The minimum atomic E-state index is -0.134. The van der Waals surface area contributed by atoms with Crippen LogP contribution in [-0.2, 0) is 9.59 Å². The molecule has 0 aliphatic carbocycles. The van der Waals surface area contributed by atoms with Crippen LogP contribution in [0.1, 0.15) is 36.4 Å². The maximum absolute atomic E-state index is 12.6. The number of aromatic nitrogens is 1. The topological polar surface area (TPSA) is 62.7 Å². The van der Waals surface area contributed by atoms with Gasteiger partial charge >= 0.3 is 0 Å². The molecule has 2 aliphatic heterocycles. The van der Waals surface area contributed by atoms with Crippen LogP contribution in [0, 0.1) is 12.8 Å². The molecule has 2 saturated heterocycles. The lowest BCUT2D eigenvalue weighted by Gasteiger charge is -2.31. The summed E-state index contributed by atoms with van der Waals surface area (Å²) in [6.07, 6.45) is 4.33. The Morgan fingerprint density at radius 2 is 2.03 bits per heavy atom. The number of likely N-dealkylation sites (tertiary alicyclic amines) is 2. The molecule has 1 aromatic heterocycles. The lowest BCUT2D eigenvalue weighted by atomic mass is 9.91. The van der Waals surface area contributed by atoms with Crippen LogP contribution in [0.5, 0.6) is 5.75 Å². The molecule has 154 valence electrons.